The van der Waals surface area contributed by atoms with Crippen LogP contribution in [-0.2, 0) is 17.9 Å². The molecule has 1 fully saturated rings. The van der Waals surface area contributed by atoms with Gasteiger partial charge in [0.25, 0.3) is 11.8 Å². The van der Waals surface area contributed by atoms with Crippen molar-refractivity contribution in [1.29, 1.82) is 0 Å². The summed E-state index contributed by atoms with van der Waals surface area (Å²) >= 11 is 3.10. The minimum absolute atomic E-state index is 0.0897. The van der Waals surface area contributed by atoms with Crippen molar-refractivity contribution in [2.24, 2.45) is 5.92 Å². The van der Waals surface area contributed by atoms with Gasteiger partial charge in [-0.15, -0.1) is 22.7 Å². The van der Waals surface area contributed by atoms with E-state index in [0.717, 1.165) is 40.7 Å². The molecule has 2 aliphatic rings. The average Bonchev–Trinajstić information content (AvgIpc) is 3.56. The number of hydrogen-bond donors (Lipinski definition) is 0. The molecule has 1 aromatic carbocycles. The number of rotatable bonds is 6. The van der Waals surface area contributed by atoms with Crippen LogP contribution in [0.4, 0.5) is 5.69 Å². The predicted molar refractivity (Wildman–Crippen MR) is 133 cm³/mol. The van der Waals surface area contributed by atoms with Gasteiger partial charge in [-0.05, 0) is 43.3 Å². The molecule has 0 unspecified atom stereocenters. The van der Waals surface area contributed by atoms with Crippen LogP contribution in [0, 0.1) is 12.8 Å². The molecule has 0 saturated carbocycles. The molecule has 34 heavy (non-hydrogen) atoms. The Labute approximate surface area is 206 Å². The molecular weight excluding hydrogens is 468 g/mol. The first kappa shape index (κ1) is 22.7. The normalized spacial score (nSPS) is 17.9. The lowest BCUT2D eigenvalue weighted by Gasteiger charge is -2.36. The molecule has 5 rings (SSSR count). The van der Waals surface area contributed by atoms with E-state index in [2.05, 4.69) is 9.88 Å². The zero-order chi connectivity index (χ0) is 23.8. The Bertz CT molecular complexity index is 1240. The molecule has 0 spiro atoms. The van der Waals surface area contributed by atoms with Gasteiger partial charge in [-0.25, -0.2) is 4.98 Å². The minimum Gasteiger partial charge on any atom is -0.370 e. The second-order valence-corrected chi connectivity index (χ2v) is 10.8. The summed E-state index contributed by atoms with van der Waals surface area (Å²) in [6.07, 6.45) is 1.66. The van der Waals surface area contributed by atoms with Crippen molar-refractivity contribution in [2.45, 2.75) is 32.9 Å². The second-order valence-electron chi connectivity index (χ2n) is 8.84. The van der Waals surface area contributed by atoms with Gasteiger partial charge in [-0.2, -0.15) is 0 Å². The quantitative estimate of drug-likeness (QED) is 0.481. The SMILES string of the molecule is Cc1csc(CN(C)C(=O)[C@H]2CCCN(c3cccc4c3C(=O)N(Cc3cccs3)C4=O)C2)n1. The number of hydrogen-bond acceptors (Lipinski definition) is 7. The lowest BCUT2D eigenvalue weighted by Crippen LogP contribution is -2.44. The number of carbonyl (C=O) groups excluding carboxylic acids is 3. The maximum atomic E-state index is 13.3. The molecule has 2 aromatic heterocycles. The molecule has 4 heterocycles. The van der Waals surface area contributed by atoms with Gasteiger partial charge in [0.2, 0.25) is 5.91 Å². The first-order valence-corrected chi connectivity index (χ1v) is 13.1. The highest BCUT2D eigenvalue weighted by molar-refractivity contribution is 7.10. The molecule has 176 valence electrons. The molecular formula is C25H26N4O3S2. The van der Waals surface area contributed by atoms with Gasteiger partial charge in [0.05, 0.1) is 35.8 Å². The van der Waals surface area contributed by atoms with E-state index in [9.17, 15) is 14.4 Å². The van der Waals surface area contributed by atoms with Crippen LogP contribution < -0.4 is 4.90 Å². The second kappa shape index (κ2) is 9.31. The number of aromatic nitrogens is 1. The van der Waals surface area contributed by atoms with Crippen molar-refractivity contribution >= 4 is 46.1 Å². The number of nitrogens with zero attached hydrogens (tertiary/aromatic N) is 4. The zero-order valence-electron chi connectivity index (χ0n) is 19.2. The summed E-state index contributed by atoms with van der Waals surface area (Å²) in [4.78, 5) is 50.2. The molecule has 3 aromatic rings. The van der Waals surface area contributed by atoms with Crippen LogP contribution in [0.2, 0.25) is 0 Å². The number of benzene rings is 1. The smallest absolute Gasteiger partial charge is 0.264 e. The van der Waals surface area contributed by atoms with Crippen molar-refractivity contribution in [3.63, 3.8) is 0 Å². The highest BCUT2D eigenvalue weighted by Crippen LogP contribution is 2.35. The fourth-order valence-corrected chi connectivity index (χ4v) is 6.26. The van der Waals surface area contributed by atoms with Crippen molar-refractivity contribution in [3.05, 3.63) is 67.8 Å². The Morgan fingerprint density at radius 2 is 2.03 bits per heavy atom. The molecule has 2 aliphatic heterocycles. The van der Waals surface area contributed by atoms with Gasteiger partial charge in [-0.3, -0.25) is 19.3 Å². The number of fused-ring (bicyclic) bond motifs is 1. The van der Waals surface area contributed by atoms with Crippen LogP contribution in [0.5, 0.6) is 0 Å². The molecule has 3 amide bonds. The third kappa shape index (κ3) is 4.25. The predicted octanol–water partition coefficient (Wildman–Crippen LogP) is 4.18. The highest BCUT2D eigenvalue weighted by Gasteiger charge is 2.39. The van der Waals surface area contributed by atoms with E-state index in [1.54, 1.807) is 22.3 Å². The summed E-state index contributed by atoms with van der Waals surface area (Å²) in [6.45, 7) is 4.02. The molecule has 0 N–H and O–H groups in total. The van der Waals surface area contributed by atoms with Crippen molar-refractivity contribution in [3.8, 4) is 0 Å². The lowest BCUT2D eigenvalue weighted by molar-refractivity contribution is -0.135. The Balaban J connectivity index is 1.34. The Morgan fingerprint density at radius 3 is 2.76 bits per heavy atom. The maximum absolute atomic E-state index is 13.3. The van der Waals surface area contributed by atoms with E-state index in [1.807, 2.05) is 49.0 Å². The van der Waals surface area contributed by atoms with E-state index >= 15 is 0 Å². The number of thiophene rings is 1. The molecule has 9 heteroatoms. The van der Waals surface area contributed by atoms with E-state index < -0.39 is 0 Å². The summed E-state index contributed by atoms with van der Waals surface area (Å²) in [5.41, 5.74) is 2.63. The third-order valence-electron chi connectivity index (χ3n) is 6.40. The van der Waals surface area contributed by atoms with Gasteiger partial charge in [0.1, 0.15) is 5.01 Å². The largest absolute Gasteiger partial charge is 0.370 e. The fourth-order valence-electron chi connectivity index (χ4n) is 4.75. The number of amides is 3. The number of thiazole rings is 1. The topological polar surface area (TPSA) is 73.8 Å². The number of aryl methyl sites for hydroxylation is 1. The van der Waals surface area contributed by atoms with Crippen LogP contribution >= 0.6 is 22.7 Å². The maximum Gasteiger partial charge on any atom is 0.264 e. The van der Waals surface area contributed by atoms with Crippen LogP contribution in [0.3, 0.4) is 0 Å². The average molecular weight is 495 g/mol. The summed E-state index contributed by atoms with van der Waals surface area (Å²) in [5, 5.41) is 4.86. The van der Waals surface area contributed by atoms with Gasteiger partial charge >= 0.3 is 0 Å². The number of imide groups is 1. The van der Waals surface area contributed by atoms with Crippen LogP contribution in [0.25, 0.3) is 0 Å². The molecule has 1 saturated heterocycles. The number of anilines is 1. The zero-order valence-corrected chi connectivity index (χ0v) is 20.8. The summed E-state index contributed by atoms with van der Waals surface area (Å²) in [7, 11) is 1.82. The standard InChI is InChI=1S/C25H26N4O3S2/c1-16-15-34-21(26-16)14-27(2)23(30)17-6-4-10-28(12-17)20-9-3-8-19-22(20)25(32)29(24(19)31)13-18-7-5-11-33-18/h3,5,7-9,11,15,17H,4,6,10,12-14H2,1-2H3/t17-/m0/s1. The van der Waals surface area contributed by atoms with Gasteiger partial charge < -0.3 is 9.80 Å². The Kier molecular flexibility index (Phi) is 6.22. The number of carbonyl (C=O) groups is 3. The Morgan fingerprint density at radius 1 is 1.18 bits per heavy atom. The Hall–Kier alpha value is -3.04. The minimum atomic E-state index is -0.256. The monoisotopic (exact) mass is 494 g/mol. The fraction of sp³-hybridized carbons (Fsp3) is 0.360. The van der Waals surface area contributed by atoms with Crippen LogP contribution in [0.1, 0.15) is 49.1 Å². The molecule has 0 radical (unpaired) electrons. The van der Waals surface area contributed by atoms with E-state index in [1.165, 1.54) is 16.2 Å². The van der Waals surface area contributed by atoms with Crippen molar-refractivity contribution in [1.82, 2.24) is 14.8 Å². The summed E-state index contributed by atoms with van der Waals surface area (Å²) in [5.74, 6) is -0.580. The molecule has 0 aliphatic carbocycles. The van der Waals surface area contributed by atoms with E-state index in [-0.39, 0.29) is 30.2 Å². The summed E-state index contributed by atoms with van der Waals surface area (Å²) in [6, 6.07) is 9.30. The highest BCUT2D eigenvalue weighted by atomic mass is 32.1. The van der Waals surface area contributed by atoms with Gasteiger partial charge in [-0.1, -0.05) is 12.1 Å². The summed E-state index contributed by atoms with van der Waals surface area (Å²) < 4.78 is 0. The van der Waals surface area contributed by atoms with Gasteiger partial charge in [0, 0.05) is 36.1 Å². The molecule has 0 bridgehead atoms. The first-order valence-electron chi connectivity index (χ1n) is 11.3. The lowest BCUT2D eigenvalue weighted by atomic mass is 9.95. The third-order valence-corrected chi connectivity index (χ3v) is 8.21. The molecule has 1 atom stereocenters. The van der Waals surface area contributed by atoms with E-state index in [0.29, 0.717) is 24.2 Å². The van der Waals surface area contributed by atoms with E-state index in [4.69, 9.17) is 0 Å². The van der Waals surface area contributed by atoms with Gasteiger partial charge in [0.15, 0.2) is 0 Å². The van der Waals surface area contributed by atoms with Crippen LogP contribution in [0.15, 0.2) is 41.1 Å². The van der Waals surface area contributed by atoms with Crippen LogP contribution in [-0.4, -0.2) is 52.6 Å². The van der Waals surface area contributed by atoms with Crippen molar-refractivity contribution < 1.29 is 14.4 Å². The number of piperidine rings is 1. The molecule has 7 nitrogen and oxygen atoms in total. The van der Waals surface area contributed by atoms with Crippen molar-refractivity contribution in [2.75, 3.05) is 25.0 Å². The first-order chi connectivity index (χ1) is 16.4.